The maximum atomic E-state index is 11.7. The van der Waals surface area contributed by atoms with Gasteiger partial charge in [0, 0.05) is 7.11 Å². The first-order valence-corrected chi connectivity index (χ1v) is 3.47. The third kappa shape index (κ3) is 5.30. The van der Waals surface area contributed by atoms with Gasteiger partial charge in [-0.25, -0.2) is 0 Å². The van der Waals surface area contributed by atoms with Crippen LogP contribution in [0.25, 0.3) is 0 Å². The Morgan fingerprint density at radius 3 is 2.31 bits per heavy atom. The van der Waals surface area contributed by atoms with Gasteiger partial charge in [-0.3, -0.25) is 0 Å². The molecule has 0 radical (unpaired) electrons. The Hall–Kier alpha value is -0.970. The first kappa shape index (κ1) is 12.0. The van der Waals surface area contributed by atoms with Gasteiger partial charge in [-0.05, 0) is 18.6 Å². The second kappa shape index (κ2) is 4.91. The van der Waals surface area contributed by atoms with E-state index in [1.54, 1.807) is 0 Å². The van der Waals surface area contributed by atoms with E-state index in [0.29, 0.717) is 5.57 Å². The zero-order valence-electron chi connectivity index (χ0n) is 7.44. The third-order valence-electron chi connectivity index (χ3n) is 1.19. The van der Waals surface area contributed by atoms with Crippen molar-refractivity contribution in [3.05, 3.63) is 24.0 Å². The van der Waals surface area contributed by atoms with Crippen molar-refractivity contribution in [2.75, 3.05) is 13.7 Å². The third-order valence-corrected chi connectivity index (χ3v) is 1.19. The molecule has 0 aliphatic heterocycles. The summed E-state index contributed by atoms with van der Waals surface area (Å²) < 4.78 is 43.6. The fraction of sp³-hybridized carbons (Fsp3) is 0.500. The number of rotatable bonds is 4. The molecule has 0 heterocycles. The Morgan fingerprint density at radius 1 is 1.46 bits per heavy atom. The van der Waals surface area contributed by atoms with Crippen LogP contribution in [-0.2, 0) is 9.47 Å². The van der Waals surface area contributed by atoms with Crippen LogP contribution in [0, 0.1) is 0 Å². The molecule has 0 aliphatic rings. The van der Waals surface area contributed by atoms with Crippen molar-refractivity contribution in [3.8, 4) is 0 Å². The quantitative estimate of drug-likeness (QED) is 0.508. The number of hydrogen-bond donors (Lipinski definition) is 0. The smallest absolute Gasteiger partial charge is 0.406 e. The molecular weight excluding hydrogens is 185 g/mol. The van der Waals surface area contributed by atoms with Crippen LogP contribution in [-0.4, -0.2) is 20.1 Å². The molecule has 0 N–H and O–H groups in total. The van der Waals surface area contributed by atoms with Gasteiger partial charge in [-0.1, -0.05) is 6.58 Å². The Balaban J connectivity index is 4.49. The van der Waals surface area contributed by atoms with E-state index in [-0.39, 0.29) is 12.4 Å². The van der Waals surface area contributed by atoms with Gasteiger partial charge in [0.15, 0.2) is 0 Å². The summed E-state index contributed by atoms with van der Waals surface area (Å²) in [5.74, 6) is -0.311. The Kier molecular flexibility index (Phi) is 4.55. The molecule has 0 rings (SSSR count). The summed E-state index contributed by atoms with van der Waals surface area (Å²) in [5, 5.41) is 0. The van der Waals surface area contributed by atoms with Crippen LogP contribution in [0.15, 0.2) is 24.0 Å². The van der Waals surface area contributed by atoms with E-state index in [1.165, 1.54) is 14.0 Å². The predicted octanol–water partition coefficient (Wildman–Crippen LogP) is 2.63. The highest BCUT2D eigenvalue weighted by Crippen LogP contribution is 2.22. The Morgan fingerprint density at radius 2 is 2.00 bits per heavy atom. The van der Waals surface area contributed by atoms with Crippen LogP contribution in [0.1, 0.15) is 6.92 Å². The molecule has 0 fully saturated rings. The molecule has 0 saturated carbocycles. The van der Waals surface area contributed by atoms with Crippen LogP contribution in [0.3, 0.4) is 0 Å². The molecule has 0 atom stereocenters. The summed E-state index contributed by atoms with van der Waals surface area (Å²) in [6, 6.07) is 0. The van der Waals surface area contributed by atoms with E-state index >= 15 is 0 Å². The molecule has 0 bridgehead atoms. The minimum absolute atomic E-state index is 0.0808. The highest BCUT2D eigenvalue weighted by molar-refractivity contribution is 5.17. The van der Waals surface area contributed by atoms with Crippen molar-refractivity contribution < 1.29 is 22.6 Å². The number of methoxy groups -OCH3 is 1. The van der Waals surface area contributed by atoms with Gasteiger partial charge in [0.1, 0.15) is 5.76 Å². The van der Waals surface area contributed by atoms with Crippen LogP contribution in [0.5, 0.6) is 0 Å². The fourth-order valence-electron chi connectivity index (χ4n) is 0.715. The topological polar surface area (TPSA) is 18.5 Å². The minimum Gasteiger partial charge on any atom is -0.406 e. The first-order chi connectivity index (χ1) is 5.90. The zero-order valence-corrected chi connectivity index (χ0v) is 7.44. The summed E-state index contributed by atoms with van der Waals surface area (Å²) >= 11 is 0. The lowest BCUT2D eigenvalue weighted by molar-refractivity contribution is -0.303. The van der Waals surface area contributed by atoms with Crippen molar-refractivity contribution in [3.63, 3.8) is 0 Å². The Bertz CT molecular complexity index is 206. The molecule has 76 valence electrons. The number of hydrogen-bond acceptors (Lipinski definition) is 2. The summed E-state index contributed by atoms with van der Waals surface area (Å²) in [6.07, 6.45) is -3.68. The average molecular weight is 196 g/mol. The van der Waals surface area contributed by atoms with E-state index in [2.05, 4.69) is 16.1 Å². The standard InChI is InChI=1S/C8H11F3O2/c1-4-7(6(2)5-12-3)13-8(9,10)11/h4H,1,5H2,2-3H3/b7-6-. The SMILES string of the molecule is C=C/C(OC(F)(F)F)=C(\C)COC. The molecule has 13 heavy (non-hydrogen) atoms. The van der Waals surface area contributed by atoms with E-state index in [9.17, 15) is 13.2 Å². The average Bonchev–Trinajstić information content (AvgIpc) is 1.99. The molecule has 0 unspecified atom stereocenters. The summed E-state index contributed by atoms with van der Waals surface area (Å²) in [4.78, 5) is 0. The van der Waals surface area contributed by atoms with Gasteiger partial charge < -0.3 is 9.47 Å². The summed E-state index contributed by atoms with van der Waals surface area (Å²) in [6.45, 7) is 4.77. The van der Waals surface area contributed by atoms with E-state index in [1.807, 2.05) is 0 Å². The summed E-state index contributed by atoms with van der Waals surface area (Å²) in [7, 11) is 1.39. The van der Waals surface area contributed by atoms with E-state index in [0.717, 1.165) is 6.08 Å². The van der Waals surface area contributed by atoms with Gasteiger partial charge in [0.05, 0.1) is 6.61 Å². The van der Waals surface area contributed by atoms with Gasteiger partial charge >= 0.3 is 6.36 Å². The monoisotopic (exact) mass is 196 g/mol. The number of ether oxygens (including phenoxy) is 2. The van der Waals surface area contributed by atoms with Crippen LogP contribution >= 0.6 is 0 Å². The zero-order chi connectivity index (χ0) is 10.5. The Labute approximate surface area is 74.6 Å². The van der Waals surface area contributed by atoms with Gasteiger partial charge in [0.25, 0.3) is 0 Å². The molecule has 0 aromatic heterocycles. The lowest BCUT2D eigenvalue weighted by atomic mass is 10.2. The number of halogens is 3. The fourth-order valence-corrected chi connectivity index (χ4v) is 0.715. The van der Waals surface area contributed by atoms with Crippen molar-refractivity contribution >= 4 is 0 Å². The first-order valence-electron chi connectivity index (χ1n) is 3.47. The maximum Gasteiger partial charge on any atom is 0.573 e. The molecule has 0 aliphatic carbocycles. The molecule has 0 saturated heterocycles. The summed E-state index contributed by atoms with van der Waals surface area (Å²) in [5.41, 5.74) is 0.342. The predicted molar refractivity (Wildman–Crippen MR) is 41.9 cm³/mol. The molecule has 0 aromatic rings. The highest BCUT2D eigenvalue weighted by atomic mass is 19.4. The molecule has 0 spiro atoms. The maximum absolute atomic E-state index is 11.7. The van der Waals surface area contributed by atoms with Gasteiger partial charge in [-0.15, -0.1) is 13.2 Å². The normalized spacial score (nSPS) is 13.6. The van der Waals surface area contributed by atoms with Crippen molar-refractivity contribution in [2.24, 2.45) is 0 Å². The number of allylic oxidation sites excluding steroid dienone is 1. The lowest BCUT2D eigenvalue weighted by Crippen LogP contribution is -2.13. The molecular formula is C8H11F3O2. The second-order valence-electron chi connectivity index (χ2n) is 2.33. The van der Waals surface area contributed by atoms with Crippen molar-refractivity contribution in [1.29, 1.82) is 0 Å². The van der Waals surface area contributed by atoms with Gasteiger partial charge in [-0.2, -0.15) is 0 Å². The van der Waals surface area contributed by atoms with Crippen molar-refractivity contribution in [2.45, 2.75) is 13.3 Å². The molecule has 0 amide bonds. The van der Waals surface area contributed by atoms with Crippen molar-refractivity contribution in [1.82, 2.24) is 0 Å². The molecule has 2 nitrogen and oxygen atoms in total. The highest BCUT2D eigenvalue weighted by Gasteiger charge is 2.31. The van der Waals surface area contributed by atoms with Crippen LogP contribution in [0.4, 0.5) is 13.2 Å². The second-order valence-corrected chi connectivity index (χ2v) is 2.33. The number of alkyl halides is 3. The lowest BCUT2D eigenvalue weighted by Gasteiger charge is -2.12. The molecule has 0 aromatic carbocycles. The van der Waals surface area contributed by atoms with E-state index < -0.39 is 6.36 Å². The molecule has 5 heteroatoms. The van der Waals surface area contributed by atoms with Crippen LogP contribution in [0.2, 0.25) is 0 Å². The largest absolute Gasteiger partial charge is 0.573 e. The van der Waals surface area contributed by atoms with Crippen LogP contribution < -0.4 is 0 Å². The minimum atomic E-state index is -4.68. The van der Waals surface area contributed by atoms with E-state index in [4.69, 9.17) is 0 Å². The van der Waals surface area contributed by atoms with Gasteiger partial charge in [0.2, 0.25) is 0 Å².